The fourth-order valence-electron chi connectivity index (χ4n) is 3.63. The zero-order valence-electron chi connectivity index (χ0n) is 17.9. The summed E-state index contributed by atoms with van der Waals surface area (Å²) in [6.07, 6.45) is 3.65. The van der Waals surface area contributed by atoms with Crippen LogP contribution >= 0.6 is 11.3 Å². The van der Waals surface area contributed by atoms with Crippen molar-refractivity contribution in [3.63, 3.8) is 0 Å². The quantitative estimate of drug-likeness (QED) is 0.330. The number of hydrogen-bond donors (Lipinski definition) is 0. The number of benzene rings is 3. The molecule has 5 aromatic rings. The SMILES string of the molecule is COc1ccc2nc(-c3ccc(-n4cncc4-c4ccc(OC)c(OC)c4)cc3)sc2c1. The summed E-state index contributed by atoms with van der Waals surface area (Å²) in [6, 6.07) is 20.1. The van der Waals surface area contributed by atoms with E-state index < -0.39 is 0 Å². The standard InChI is InChI=1S/C25H21N3O3S/c1-29-19-9-10-20-24(13-19)32-25(27-20)16-4-7-18(8-5-16)28-15-26-14-21(28)17-6-11-22(30-2)23(12-17)31-3/h4-15H,1-3H3. The molecule has 32 heavy (non-hydrogen) atoms. The van der Waals surface area contributed by atoms with Crippen LogP contribution in [-0.4, -0.2) is 35.9 Å². The van der Waals surface area contributed by atoms with Gasteiger partial charge in [0.25, 0.3) is 0 Å². The third-order valence-electron chi connectivity index (χ3n) is 5.31. The monoisotopic (exact) mass is 443 g/mol. The lowest BCUT2D eigenvalue weighted by Gasteiger charge is -2.12. The van der Waals surface area contributed by atoms with Gasteiger partial charge in [0, 0.05) is 16.8 Å². The summed E-state index contributed by atoms with van der Waals surface area (Å²) < 4.78 is 19.3. The fraction of sp³-hybridized carbons (Fsp3) is 0.120. The van der Waals surface area contributed by atoms with Gasteiger partial charge in [0.05, 0.1) is 49.8 Å². The van der Waals surface area contributed by atoms with Gasteiger partial charge in [-0.15, -0.1) is 11.3 Å². The predicted octanol–water partition coefficient (Wildman–Crippen LogP) is 5.84. The number of thiazole rings is 1. The molecule has 0 aliphatic carbocycles. The Morgan fingerprint density at radius 3 is 2.31 bits per heavy atom. The number of ether oxygens (including phenoxy) is 3. The first-order valence-corrected chi connectivity index (χ1v) is 10.8. The molecule has 5 rings (SSSR count). The number of aromatic nitrogens is 3. The van der Waals surface area contributed by atoms with E-state index in [9.17, 15) is 0 Å². The van der Waals surface area contributed by atoms with Crippen molar-refractivity contribution in [3.8, 4) is 44.8 Å². The van der Waals surface area contributed by atoms with Crippen LogP contribution < -0.4 is 14.2 Å². The second-order valence-electron chi connectivity index (χ2n) is 7.12. The van der Waals surface area contributed by atoms with Crippen LogP contribution in [0, 0.1) is 0 Å². The Labute approximate surface area is 189 Å². The van der Waals surface area contributed by atoms with Gasteiger partial charge in [0.2, 0.25) is 0 Å². The van der Waals surface area contributed by atoms with Gasteiger partial charge in [-0.25, -0.2) is 9.97 Å². The van der Waals surface area contributed by atoms with Crippen LogP contribution in [-0.2, 0) is 0 Å². The first-order valence-electron chi connectivity index (χ1n) is 10.0. The molecule has 0 spiro atoms. The Morgan fingerprint density at radius 1 is 0.781 bits per heavy atom. The molecule has 0 fully saturated rings. The Hall–Kier alpha value is -3.84. The molecule has 0 aliphatic rings. The lowest BCUT2D eigenvalue weighted by molar-refractivity contribution is 0.355. The predicted molar refractivity (Wildman–Crippen MR) is 127 cm³/mol. The van der Waals surface area contributed by atoms with Gasteiger partial charge < -0.3 is 14.2 Å². The number of imidazole rings is 1. The van der Waals surface area contributed by atoms with Gasteiger partial charge in [-0.1, -0.05) is 0 Å². The second-order valence-corrected chi connectivity index (χ2v) is 8.15. The van der Waals surface area contributed by atoms with Crippen molar-refractivity contribution in [1.82, 2.24) is 14.5 Å². The molecule has 0 radical (unpaired) electrons. The summed E-state index contributed by atoms with van der Waals surface area (Å²) >= 11 is 1.65. The zero-order valence-corrected chi connectivity index (χ0v) is 18.7. The van der Waals surface area contributed by atoms with Crippen LogP contribution in [0.15, 0.2) is 73.2 Å². The topological polar surface area (TPSA) is 58.4 Å². The minimum absolute atomic E-state index is 0.681. The van der Waals surface area contributed by atoms with E-state index in [-0.39, 0.29) is 0 Å². The highest BCUT2D eigenvalue weighted by molar-refractivity contribution is 7.21. The molecule has 0 saturated carbocycles. The average Bonchev–Trinajstić information content (AvgIpc) is 3.50. The number of hydrogen-bond acceptors (Lipinski definition) is 6. The maximum atomic E-state index is 5.46. The van der Waals surface area contributed by atoms with Gasteiger partial charge in [-0.2, -0.15) is 0 Å². The lowest BCUT2D eigenvalue weighted by atomic mass is 10.1. The van der Waals surface area contributed by atoms with E-state index in [0.29, 0.717) is 11.5 Å². The van der Waals surface area contributed by atoms with Crippen LogP contribution in [0.3, 0.4) is 0 Å². The lowest BCUT2D eigenvalue weighted by Crippen LogP contribution is -1.96. The smallest absolute Gasteiger partial charge is 0.161 e. The summed E-state index contributed by atoms with van der Waals surface area (Å²) in [6.45, 7) is 0. The molecule has 3 aromatic carbocycles. The van der Waals surface area contributed by atoms with Gasteiger partial charge in [0.1, 0.15) is 10.8 Å². The van der Waals surface area contributed by atoms with E-state index in [1.165, 1.54) is 0 Å². The molecule has 0 N–H and O–H groups in total. The first-order chi connectivity index (χ1) is 15.7. The highest BCUT2D eigenvalue weighted by Gasteiger charge is 2.12. The van der Waals surface area contributed by atoms with Crippen molar-refractivity contribution < 1.29 is 14.2 Å². The summed E-state index contributed by atoms with van der Waals surface area (Å²) in [7, 11) is 4.94. The minimum Gasteiger partial charge on any atom is -0.497 e. The van der Waals surface area contributed by atoms with E-state index in [1.807, 2.05) is 53.5 Å². The average molecular weight is 444 g/mol. The molecule has 0 unspecified atom stereocenters. The Morgan fingerprint density at radius 2 is 1.56 bits per heavy atom. The van der Waals surface area contributed by atoms with Gasteiger partial charge in [-0.05, 0) is 60.7 Å². The minimum atomic E-state index is 0.681. The third kappa shape index (κ3) is 3.56. The van der Waals surface area contributed by atoms with Crippen LogP contribution in [0.4, 0.5) is 0 Å². The van der Waals surface area contributed by atoms with Crippen LogP contribution in [0.1, 0.15) is 0 Å². The second kappa shape index (κ2) is 8.36. The Kier molecular flexibility index (Phi) is 5.25. The van der Waals surface area contributed by atoms with E-state index in [1.54, 1.807) is 32.7 Å². The zero-order chi connectivity index (χ0) is 22.1. The number of methoxy groups -OCH3 is 3. The van der Waals surface area contributed by atoms with E-state index in [2.05, 4.69) is 29.2 Å². The molecule has 0 atom stereocenters. The maximum Gasteiger partial charge on any atom is 0.161 e. The molecule has 6 nitrogen and oxygen atoms in total. The molecule has 0 bridgehead atoms. The molecular weight excluding hydrogens is 422 g/mol. The van der Waals surface area contributed by atoms with Crippen molar-refractivity contribution in [3.05, 3.63) is 73.2 Å². The molecular formula is C25H21N3O3S. The summed E-state index contributed by atoms with van der Waals surface area (Å²) in [5.41, 5.74) is 5.01. The maximum absolute atomic E-state index is 5.46. The van der Waals surface area contributed by atoms with Crippen LogP contribution in [0.25, 0.3) is 37.7 Å². The van der Waals surface area contributed by atoms with E-state index in [4.69, 9.17) is 19.2 Å². The van der Waals surface area contributed by atoms with Gasteiger partial charge in [0.15, 0.2) is 11.5 Å². The van der Waals surface area contributed by atoms with E-state index in [0.717, 1.165) is 43.5 Å². The largest absolute Gasteiger partial charge is 0.497 e. The third-order valence-corrected chi connectivity index (χ3v) is 6.37. The number of fused-ring (bicyclic) bond motifs is 1. The highest BCUT2D eigenvalue weighted by Crippen LogP contribution is 2.35. The van der Waals surface area contributed by atoms with Crippen LogP contribution in [0.2, 0.25) is 0 Å². The van der Waals surface area contributed by atoms with Crippen molar-refractivity contribution in [1.29, 1.82) is 0 Å². The van der Waals surface area contributed by atoms with Gasteiger partial charge >= 0.3 is 0 Å². The summed E-state index contributed by atoms with van der Waals surface area (Å²) in [4.78, 5) is 9.14. The fourth-order valence-corrected chi connectivity index (χ4v) is 4.63. The molecule has 7 heteroatoms. The molecule has 160 valence electrons. The molecule has 0 aliphatic heterocycles. The summed E-state index contributed by atoms with van der Waals surface area (Å²) in [5, 5.41) is 0.977. The first kappa shape index (κ1) is 20.1. The van der Waals surface area contributed by atoms with E-state index >= 15 is 0 Å². The van der Waals surface area contributed by atoms with Crippen molar-refractivity contribution in [2.75, 3.05) is 21.3 Å². The Balaban J connectivity index is 1.48. The molecule has 2 aromatic heterocycles. The van der Waals surface area contributed by atoms with Gasteiger partial charge in [-0.3, -0.25) is 4.57 Å². The molecule has 0 amide bonds. The summed E-state index contributed by atoms with van der Waals surface area (Å²) in [5.74, 6) is 2.21. The Bertz CT molecular complexity index is 1390. The van der Waals surface area contributed by atoms with Crippen molar-refractivity contribution in [2.45, 2.75) is 0 Å². The van der Waals surface area contributed by atoms with Crippen molar-refractivity contribution in [2.24, 2.45) is 0 Å². The highest BCUT2D eigenvalue weighted by atomic mass is 32.1. The number of nitrogens with zero attached hydrogens (tertiary/aromatic N) is 3. The van der Waals surface area contributed by atoms with Crippen molar-refractivity contribution >= 4 is 21.6 Å². The normalized spacial score (nSPS) is 11.0. The van der Waals surface area contributed by atoms with Crippen LogP contribution in [0.5, 0.6) is 17.2 Å². The molecule has 0 saturated heterocycles. The number of rotatable bonds is 6. The molecule has 2 heterocycles.